The van der Waals surface area contributed by atoms with Gasteiger partial charge in [0.2, 0.25) is 5.89 Å². The van der Waals surface area contributed by atoms with Gasteiger partial charge < -0.3 is 15.2 Å². The standard InChI is InChI=1S/C19H29N5O/c1-4-20-19(22-14-12-16-9-6-5-7-10-16)21-13-8-11-17-23-18(15(2)3)24-25-17/h5-7,9-10,15H,4,8,11-14H2,1-3H3,(H2,20,21,22). The molecule has 25 heavy (non-hydrogen) atoms. The summed E-state index contributed by atoms with van der Waals surface area (Å²) in [6, 6.07) is 10.5. The molecular formula is C19H29N5O. The van der Waals surface area contributed by atoms with Crippen molar-refractivity contribution in [3.63, 3.8) is 0 Å². The van der Waals surface area contributed by atoms with E-state index in [0.29, 0.717) is 11.8 Å². The molecule has 0 aliphatic rings. The highest BCUT2D eigenvalue weighted by Crippen LogP contribution is 2.10. The lowest BCUT2D eigenvalue weighted by molar-refractivity contribution is 0.369. The van der Waals surface area contributed by atoms with E-state index in [-0.39, 0.29) is 0 Å². The first kappa shape index (κ1) is 19.0. The van der Waals surface area contributed by atoms with Crippen molar-refractivity contribution < 1.29 is 4.52 Å². The SMILES string of the molecule is CCNC(=NCCCc1nc(C(C)C)no1)NCCc1ccccc1. The zero-order valence-corrected chi connectivity index (χ0v) is 15.5. The van der Waals surface area contributed by atoms with Crippen LogP contribution in [-0.4, -0.2) is 35.7 Å². The molecule has 0 amide bonds. The van der Waals surface area contributed by atoms with E-state index in [1.807, 2.05) is 6.07 Å². The molecule has 0 unspecified atom stereocenters. The van der Waals surface area contributed by atoms with Gasteiger partial charge in [0.05, 0.1) is 0 Å². The molecule has 2 aromatic rings. The molecule has 2 rings (SSSR count). The van der Waals surface area contributed by atoms with Crippen LogP contribution in [0.3, 0.4) is 0 Å². The highest BCUT2D eigenvalue weighted by Gasteiger charge is 2.08. The van der Waals surface area contributed by atoms with Crippen LogP contribution in [0.25, 0.3) is 0 Å². The molecule has 6 heteroatoms. The number of nitrogens with one attached hydrogen (secondary N) is 2. The van der Waals surface area contributed by atoms with Crippen molar-refractivity contribution >= 4 is 5.96 Å². The van der Waals surface area contributed by atoms with E-state index in [2.05, 4.69) is 70.8 Å². The predicted octanol–water partition coefficient (Wildman–Crippen LogP) is 2.92. The first-order valence-electron chi connectivity index (χ1n) is 9.07. The maximum absolute atomic E-state index is 5.25. The maximum atomic E-state index is 5.25. The van der Waals surface area contributed by atoms with Gasteiger partial charge in [-0.15, -0.1) is 0 Å². The number of hydrogen-bond acceptors (Lipinski definition) is 4. The minimum absolute atomic E-state index is 0.296. The predicted molar refractivity (Wildman–Crippen MR) is 101 cm³/mol. The fourth-order valence-corrected chi connectivity index (χ4v) is 2.34. The van der Waals surface area contributed by atoms with Crippen LogP contribution in [0, 0.1) is 0 Å². The molecule has 0 aliphatic heterocycles. The second-order valence-electron chi connectivity index (χ2n) is 6.23. The van der Waals surface area contributed by atoms with Crippen LogP contribution < -0.4 is 10.6 Å². The fourth-order valence-electron chi connectivity index (χ4n) is 2.34. The Kier molecular flexibility index (Phi) is 7.95. The smallest absolute Gasteiger partial charge is 0.226 e. The average molecular weight is 343 g/mol. The fraction of sp³-hybridized carbons (Fsp3) is 0.526. The second-order valence-corrected chi connectivity index (χ2v) is 6.23. The van der Waals surface area contributed by atoms with Gasteiger partial charge in [-0.05, 0) is 25.3 Å². The van der Waals surface area contributed by atoms with Gasteiger partial charge in [0, 0.05) is 32.0 Å². The van der Waals surface area contributed by atoms with E-state index in [4.69, 9.17) is 4.52 Å². The van der Waals surface area contributed by atoms with E-state index in [1.165, 1.54) is 5.56 Å². The first-order valence-corrected chi connectivity index (χ1v) is 9.07. The van der Waals surface area contributed by atoms with Crippen molar-refractivity contribution in [2.45, 2.75) is 46.0 Å². The molecule has 1 aromatic heterocycles. The largest absolute Gasteiger partial charge is 0.357 e. The number of aliphatic imine (C=N–C) groups is 1. The van der Waals surface area contributed by atoms with Crippen LogP contribution in [0.1, 0.15) is 50.4 Å². The molecule has 0 atom stereocenters. The molecule has 0 spiro atoms. The zero-order valence-electron chi connectivity index (χ0n) is 15.5. The normalized spacial score (nSPS) is 11.8. The van der Waals surface area contributed by atoms with Crippen molar-refractivity contribution in [3.05, 3.63) is 47.6 Å². The molecular weight excluding hydrogens is 314 g/mol. The molecule has 0 saturated heterocycles. The summed E-state index contributed by atoms with van der Waals surface area (Å²) < 4.78 is 5.25. The molecule has 0 aliphatic carbocycles. The summed E-state index contributed by atoms with van der Waals surface area (Å²) in [5.74, 6) is 2.62. The molecule has 0 saturated carbocycles. The molecule has 6 nitrogen and oxygen atoms in total. The molecule has 136 valence electrons. The highest BCUT2D eigenvalue weighted by molar-refractivity contribution is 5.79. The van der Waals surface area contributed by atoms with E-state index in [0.717, 1.165) is 50.7 Å². The minimum Gasteiger partial charge on any atom is -0.357 e. The first-order chi connectivity index (χ1) is 12.2. The minimum atomic E-state index is 0.296. The summed E-state index contributed by atoms with van der Waals surface area (Å²) in [5, 5.41) is 10.6. The number of benzene rings is 1. The topological polar surface area (TPSA) is 75.3 Å². The quantitative estimate of drug-likeness (QED) is 0.416. The Morgan fingerprint density at radius 2 is 1.96 bits per heavy atom. The van der Waals surface area contributed by atoms with Gasteiger partial charge in [-0.25, -0.2) is 0 Å². The van der Waals surface area contributed by atoms with Crippen molar-refractivity contribution in [2.75, 3.05) is 19.6 Å². The molecule has 0 radical (unpaired) electrons. The summed E-state index contributed by atoms with van der Waals surface area (Å²) >= 11 is 0. The third-order valence-corrected chi connectivity index (χ3v) is 3.71. The number of rotatable bonds is 9. The van der Waals surface area contributed by atoms with Crippen molar-refractivity contribution in [1.29, 1.82) is 0 Å². The number of aromatic nitrogens is 2. The lowest BCUT2D eigenvalue weighted by Crippen LogP contribution is -2.38. The van der Waals surface area contributed by atoms with Gasteiger partial charge in [0.15, 0.2) is 11.8 Å². The maximum Gasteiger partial charge on any atom is 0.226 e. The van der Waals surface area contributed by atoms with Gasteiger partial charge in [-0.2, -0.15) is 4.98 Å². The monoisotopic (exact) mass is 343 g/mol. The number of aryl methyl sites for hydroxylation is 1. The summed E-state index contributed by atoms with van der Waals surface area (Å²) in [7, 11) is 0. The van der Waals surface area contributed by atoms with Gasteiger partial charge in [-0.3, -0.25) is 4.99 Å². The number of nitrogens with zero attached hydrogens (tertiary/aromatic N) is 3. The molecule has 0 fully saturated rings. The van der Waals surface area contributed by atoms with Crippen molar-refractivity contribution in [2.24, 2.45) is 4.99 Å². The van der Waals surface area contributed by atoms with Crippen LogP contribution in [0.15, 0.2) is 39.8 Å². The number of hydrogen-bond donors (Lipinski definition) is 2. The van der Waals surface area contributed by atoms with Crippen LogP contribution in [-0.2, 0) is 12.8 Å². The van der Waals surface area contributed by atoms with Gasteiger partial charge >= 0.3 is 0 Å². The zero-order chi connectivity index (χ0) is 17.9. The van der Waals surface area contributed by atoms with E-state index >= 15 is 0 Å². The summed E-state index contributed by atoms with van der Waals surface area (Å²) in [5.41, 5.74) is 1.32. The summed E-state index contributed by atoms with van der Waals surface area (Å²) in [4.78, 5) is 8.99. The van der Waals surface area contributed by atoms with Crippen LogP contribution in [0.2, 0.25) is 0 Å². The Labute approximate surface area is 150 Å². The van der Waals surface area contributed by atoms with E-state index < -0.39 is 0 Å². The third kappa shape index (κ3) is 6.95. The van der Waals surface area contributed by atoms with Gasteiger partial charge in [-0.1, -0.05) is 49.3 Å². The van der Waals surface area contributed by atoms with Crippen LogP contribution >= 0.6 is 0 Å². The van der Waals surface area contributed by atoms with Gasteiger partial charge in [0.1, 0.15) is 0 Å². The Morgan fingerprint density at radius 1 is 1.16 bits per heavy atom. The van der Waals surface area contributed by atoms with E-state index in [9.17, 15) is 0 Å². The Balaban J connectivity index is 1.72. The average Bonchev–Trinajstić information content (AvgIpc) is 3.09. The Morgan fingerprint density at radius 3 is 2.64 bits per heavy atom. The van der Waals surface area contributed by atoms with Crippen molar-refractivity contribution in [3.8, 4) is 0 Å². The summed E-state index contributed by atoms with van der Waals surface area (Å²) in [6.07, 6.45) is 2.62. The van der Waals surface area contributed by atoms with E-state index in [1.54, 1.807) is 0 Å². The number of guanidine groups is 1. The molecule has 2 N–H and O–H groups in total. The van der Waals surface area contributed by atoms with Crippen LogP contribution in [0.5, 0.6) is 0 Å². The van der Waals surface area contributed by atoms with Gasteiger partial charge in [0.25, 0.3) is 0 Å². The molecule has 0 bridgehead atoms. The van der Waals surface area contributed by atoms with Crippen molar-refractivity contribution in [1.82, 2.24) is 20.8 Å². The molecule has 1 aromatic carbocycles. The third-order valence-electron chi connectivity index (χ3n) is 3.71. The molecule has 1 heterocycles. The Bertz CT molecular complexity index is 636. The second kappa shape index (κ2) is 10.5. The summed E-state index contributed by atoms with van der Waals surface area (Å²) in [6.45, 7) is 8.61. The lowest BCUT2D eigenvalue weighted by atomic mass is 10.1. The van der Waals surface area contributed by atoms with Crippen LogP contribution in [0.4, 0.5) is 0 Å². The lowest BCUT2D eigenvalue weighted by Gasteiger charge is -2.11. The Hall–Kier alpha value is -2.37. The highest BCUT2D eigenvalue weighted by atomic mass is 16.5.